The monoisotopic (exact) mass is 213 g/mol. The van der Waals surface area contributed by atoms with Gasteiger partial charge in [-0.3, -0.25) is 0 Å². The molecule has 0 amide bonds. The molecule has 0 saturated carbocycles. The first kappa shape index (κ1) is 11.5. The van der Waals surface area contributed by atoms with Gasteiger partial charge in [0.05, 0.1) is 6.61 Å². The van der Waals surface area contributed by atoms with E-state index in [4.69, 9.17) is 16.7 Å². The Morgan fingerprint density at radius 2 is 2.21 bits per heavy atom. The summed E-state index contributed by atoms with van der Waals surface area (Å²) >= 11 is 5.89. The molecular weight excluding hydrogens is 198 g/mol. The van der Waals surface area contributed by atoms with Gasteiger partial charge in [-0.1, -0.05) is 17.7 Å². The highest BCUT2D eigenvalue weighted by atomic mass is 35.5. The van der Waals surface area contributed by atoms with Crippen LogP contribution in [0.15, 0.2) is 18.2 Å². The number of hydrogen-bond donors (Lipinski definition) is 2. The van der Waals surface area contributed by atoms with Crippen LogP contribution in [0.1, 0.15) is 18.1 Å². The summed E-state index contributed by atoms with van der Waals surface area (Å²) in [6.45, 7) is 4.89. The fourth-order valence-corrected chi connectivity index (χ4v) is 1.37. The maximum absolute atomic E-state index is 8.85. The lowest BCUT2D eigenvalue weighted by Crippen LogP contribution is -2.28. The molecule has 0 aliphatic rings. The summed E-state index contributed by atoms with van der Waals surface area (Å²) in [6, 6.07) is 5.96. The van der Waals surface area contributed by atoms with Gasteiger partial charge >= 0.3 is 0 Å². The van der Waals surface area contributed by atoms with Gasteiger partial charge in [-0.05, 0) is 37.1 Å². The zero-order chi connectivity index (χ0) is 10.6. The standard InChI is InChI=1S/C11H16ClNO/c1-8-3-4-11(12)5-10(8)6-13-9(2)7-14/h3-5,9,13-14H,6-7H2,1-2H3. The van der Waals surface area contributed by atoms with E-state index in [1.807, 2.05) is 25.1 Å². The van der Waals surface area contributed by atoms with E-state index >= 15 is 0 Å². The summed E-state index contributed by atoms with van der Waals surface area (Å²) in [4.78, 5) is 0. The maximum Gasteiger partial charge on any atom is 0.0582 e. The van der Waals surface area contributed by atoms with Crippen molar-refractivity contribution in [1.29, 1.82) is 0 Å². The van der Waals surface area contributed by atoms with Crippen molar-refractivity contribution >= 4 is 11.6 Å². The van der Waals surface area contributed by atoms with E-state index in [1.54, 1.807) is 0 Å². The van der Waals surface area contributed by atoms with Crippen LogP contribution >= 0.6 is 11.6 Å². The molecule has 0 spiro atoms. The molecule has 0 fully saturated rings. The van der Waals surface area contributed by atoms with Crippen LogP contribution in [-0.4, -0.2) is 17.8 Å². The summed E-state index contributed by atoms with van der Waals surface area (Å²) < 4.78 is 0. The van der Waals surface area contributed by atoms with Crippen molar-refractivity contribution in [3.8, 4) is 0 Å². The Labute approximate surface area is 89.9 Å². The molecule has 1 aromatic rings. The Kier molecular flexibility index (Phi) is 4.39. The molecule has 1 aromatic carbocycles. The van der Waals surface area contributed by atoms with E-state index < -0.39 is 0 Å². The summed E-state index contributed by atoms with van der Waals surface area (Å²) in [5.74, 6) is 0. The van der Waals surface area contributed by atoms with E-state index in [2.05, 4.69) is 12.2 Å². The van der Waals surface area contributed by atoms with Crippen LogP contribution in [-0.2, 0) is 6.54 Å². The minimum absolute atomic E-state index is 0.119. The number of hydrogen-bond acceptors (Lipinski definition) is 2. The first-order chi connectivity index (χ1) is 6.63. The van der Waals surface area contributed by atoms with E-state index in [0.29, 0.717) is 0 Å². The lowest BCUT2D eigenvalue weighted by Gasteiger charge is -2.12. The number of nitrogens with one attached hydrogen (secondary N) is 1. The SMILES string of the molecule is Cc1ccc(Cl)cc1CNC(C)CO. The molecule has 1 atom stereocenters. The highest BCUT2D eigenvalue weighted by Crippen LogP contribution is 2.15. The van der Waals surface area contributed by atoms with Gasteiger partial charge in [-0.15, -0.1) is 0 Å². The summed E-state index contributed by atoms with van der Waals surface area (Å²) in [5.41, 5.74) is 2.39. The number of aryl methyl sites for hydroxylation is 1. The van der Waals surface area contributed by atoms with Crippen molar-refractivity contribution in [2.24, 2.45) is 0 Å². The number of benzene rings is 1. The average Bonchev–Trinajstić information content (AvgIpc) is 2.19. The molecule has 3 heteroatoms. The van der Waals surface area contributed by atoms with Gasteiger partial charge in [0.15, 0.2) is 0 Å². The Balaban J connectivity index is 2.62. The van der Waals surface area contributed by atoms with Gasteiger partial charge in [0.2, 0.25) is 0 Å². The molecule has 1 rings (SSSR count). The van der Waals surface area contributed by atoms with Crippen molar-refractivity contribution in [2.45, 2.75) is 26.4 Å². The topological polar surface area (TPSA) is 32.3 Å². The number of aliphatic hydroxyl groups is 1. The van der Waals surface area contributed by atoms with Crippen LogP contribution in [0.5, 0.6) is 0 Å². The number of aliphatic hydroxyl groups excluding tert-OH is 1. The van der Waals surface area contributed by atoms with Gasteiger partial charge < -0.3 is 10.4 Å². The van der Waals surface area contributed by atoms with Crippen LogP contribution in [0.4, 0.5) is 0 Å². The van der Waals surface area contributed by atoms with Gasteiger partial charge in [0, 0.05) is 17.6 Å². The normalized spacial score (nSPS) is 12.9. The molecule has 0 aliphatic carbocycles. The maximum atomic E-state index is 8.85. The molecule has 14 heavy (non-hydrogen) atoms. The van der Waals surface area contributed by atoms with Crippen LogP contribution in [0.2, 0.25) is 5.02 Å². The Hall–Kier alpha value is -0.570. The summed E-state index contributed by atoms with van der Waals surface area (Å²) in [6.07, 6.45) is 0. The van der Waals surface area contributed by atoms with E-state index in [0.717, 1.165) is 11.6 Å². The molecule has 0 aromatic heterocycles. The molecule has 78 valence electrons. The predicted octanol–water partition coefficient (Wildman–Crippen LogP) is 2.12. The van der Waals surface area contributed by atoms with E-state index in [1.165, 1.54) is 11.1 Å². The second kappa shape index (κ2) is 5.35. The molecule has 0 radical (unpaired) electrons. The fraction of sp³-hybridized carbons (Fsp3) is 0.455. The van der Waals surface area contributed by atoms with Crippen LogP contribution in [0.25, 0.3) is 0 Å². The quantitative estimate of drug-likeness (QED) is 0.803. The minimum Gasteiger partial charge on any atom is -0.395 e. The Morgan fingerprint density at radius 3 is 2.86 bits per heavy atom. The molecule has 0 heterocycles. The third-order valence-electron chi connectivity index (χ3n) is 2.23. The zero-order valence-electron chi connectivity index (χ0n) is 8.55. The fourth-order valence-electron chi connectivity index (χ4n) is 1.18. The van der Waals surface area contributed by atoms with E-state index in [9.17, 15) is 0 Å². The van der Waals surface area contributed by atoms with Crippen molar-refractivity contribution in [1.82, 2.24) is 5.32 Å². The van der Waals surface area contributed by atoms with Crippen LogP contribution < -0.4 is 5.32 Å². The van der Waals surface area contributed by atoms with Crippen molar-refractivity contribution in [2.75, 3.05) is 6.61 Å². The van der Waals surface area contributed by atoms with Gasteiger partial charge in [0.25, 0.3) is 0 Å². The first-order valence-corrected chi connectivity index (χ1v) is 5.10. The lowest BCUT2D eigenvalue weighted by molar-refractivity contribution is 0.251. The highest BCUT2D eigenvalue weighted by molar-refractivity contribution is 6.30. The van der Waals surface area contributed by atoms with Crippen molar-refractivity contribution in [3.63, 3.8) is 0 Å². The molecule has 2 nitrogen and oxygen atoms in total. The number of halogens is 1. The van der Waals surface area contributed by atoms with Crippen molar-refractivity contribution in [3.05, 3.63) is 34.3 Å². The van der Waals surface area contributed by atoms with Gasteiger partial charge in [-0.25, -0.2) is 0 Å². The molecule has 0 aliphatic heterocycles. The second-order valence-corrected chi connectivity index (χ2v) is 3.97. The zero-order valence-corrected chi connectivity index (χ0v) is 9.30. The summed E-state index contributed by atoms with van der Waals surface area (Å²) in [5, 5.41) is 12.8. The molecule has 2 N–H and O–H groups in total. The second-order valence-electron chi connectivity index (χ2n) is 3.54. The van der Waals surface area contributed by atoms with Crippen LogP contribution in [0, 0.1) is 6.92 Å². The minimum atomic E-state index is 0.119. The Bertz CT molecular complexity index is 301. The summed E-state index contributed by atoms with van der Waals surface area (Å²) in [7, 11) is 0. The third-order valence-corrected chi connectivity index (χ3v) is 2.46. The predicted molar refractivity (Wildman–Crippen MR) is 59.6 cm³/mol. The number of rotatable bonds is 4. The average molecular weight is 214 g/mol. The highest BCUT2D eigenvalue weighted by Gasteiger charge is 2.02. The third kappa shape index (κ3) is 3.29. The Morgan fingerprint density at radius 1 is 1.50 bits per heavy atom. The largest absolute Gasteiger partial charge is 0.395 e. The van der Waals surface area contributed by atoms with Gasteiger partial charge in [-0.2, -0.15) is 0 Å². The molecule has 0 saturated heterocycles. The van der Waals surface area contributed by atoms with Gasteiger partial charge in [0.1, 0.15) is 0 Å². The molecule has 1 unspecified atom stereocenters. The van der Waals surface area contributed by atoms with Crippen LogP contribution in [0.3, 0.4) is 0 Å². The first-order valence-electron chi connectivity index (χ1n) is 4.72. The van der Waals surface area contributed by atoms with E-state index in [-0.39, 0.29) is 12.6 Å². The molecular formula is C11H16ClNO. The van der Waals surface area contributed by atoms with Crippen molar-refractivity contribution < 1.29 is 5.11 Å². The lowest BCUT2D eigenvalue weighted by atomic mass is 10.1. The smallest absolute Gasteiger partial charge is 0.0582 e. The molecule has 0 bridgehead atoms.